The molecule has 0 aromatic carbocycles. The highest BCUT2D eigenvalue weighted by molar-refractivity contribution is 7.91. The second kappa shape index (κ2) is 10.0. The highest BCUT2D eigenvalue weighted by Gasteiger charge is 2.28. The molecular formula is C20H37N3O3S. The first-order valence-corrected chi connectivity index (χ1v) is 11.9. The molecule has 1 aliphatic heterocycles. The lowest BCUT2D eigenvalue weighted by atomic mass is 10.1. The summed E-state index contributed by atoms with van der Waals surface area (Å²) in [6.07, 6.45) is 6.24. The molecule has 7 heteroatoms. The molecule has 1 aromatic heterocycles. The number of ether oxygens (including phenoxy) is 1. The third kappa shape index (κ3) is 6.03. The summed E-state index contributed by atoms with van der Waals surface area (Å²) in [7, 11) is -3.39. The molecule has 0 unspecified atom stereocenters. The van der Waals surface area contributed by atoms with E-state index in [-0.39, 0.29) is 11.3 Å². The second-order valence-corrected chi connectivity index (χ2v) is 10.7. The van der Waals surface area contributed by atoms with E-state index in [9.17, 15) is 8.42 Å². The number of imidazole rings is 1. The predicted octanol–water partition coefficient (Wildman–Crippen LogP) is 3.50. The summed E-state index contributed by atoms with van der Waals surface area (Å²) in [5.41, 5.74) is 0.992. The van der Waals surface area contributed by atoms with Gasteiger partial charge in [-0.15, -0.1) is 0 Å². The smallest absolute Gasteiger partial charge is 0.228 e. The zero-order chi connectivity index (χ0) is 20.0. The molecule has 2 rings (SSSR count). The van der Waals surface area contributed by atoms with Crippen molar-refractivity contribution in [3.05, 3.63) is 11.9 Å². The Morgan fingerprint density at radius 3 is 2.67 bits per heavy atom. The van der Waals surface area contributed by atoms with Gasteiger partial charge in [0.1, 0.15) is 0 Å². The van der Waals surface area contributed by atoms with E-state index in [2.05, 4.69) is 30.7 Å². The lowest BCUT2D eigenvalue weighted by Crippen LogP contribution is -2.39. The number of hydrogen-bond donors (Lipinski definition) is 0. The van der Waals surface area contributed by atoms with Gasteiger partial charge in [0.05, 0.1) is 23.2 Å². The van der Waals surface area contributed by atoms with Gasteiger partial charge in [-0.1, -0.05) is 20.8 Å². The molecule has 6 nitrogen and oxygen atoms in total. The standard InChI is InChI=1S/C20H37N3O3S/c1-6-12-26-19-8-7-10-22(15-19)14-18-13-21-20(27(24,25)17(4)5)23(18)11-9-16(2)3/h13,16-17,19H,6-12,14-15H2,1-5H3/t19-/m1/s1. The van der Waals surface area contributed by atoms with Gasteiger partial charge in [-0.3, -0.25) is 4.90 Å². The zero-order valence-electron chi connectivity index (χ0n) is 17.6. The minimum atomic E-state index is -3.39. The van der Waals surface area contributed by atoms with Crippen LogP contribution < -0.4 is 0 Å². The quantitative estimate of drug-likeness (QED) is 0.602. The average molecular weight is 400 g/mol. The van der Waals surface area contributed by atoms with Crippen LogP contribution in [0.15, 0.2) is 11.4 Å². The van der Waals surface area contributed by atoms with Gasteiger partial charge in [-0.2, -0.15) is 0 Å². The second-order valence-electron chi connectivity index (χ2n) is 8.33. The molecule has 0 spiro atoms. The molecule has 0 radical (unpaired) electrons. The van der Waals surface area contributed by atoms with Gasteiger partial charge < -0.3 is 9.30 Å². The number of hydrogen-bond acceptors (Lipinski definition) is 5. The fraction of sp³-hybridized carbons (Fsp3) is 0.850. The van der Waals surface area contributed by atoms with Gasteiger partial charge in [-0.25, -0.2) is 13.4 Å². The van der Waals surface area contributed by atoms with Gasteiger partial charge in [0.15, 0.2) is 0 Å². The van der Waals surface area contributed by atoms with Crippen LogP contribution in [0, 0.1) is 5.92 Å². The van der Waals surface area contributed by atoms with Crippen LogP contribution in [0.4, 0.5) is 0 Å². The van der Waals surface area contributed by atoms with Crippen molar-refractivity contribution < 1.29 is 13.2 Å². The van der Waals surface area contributed by atoms with Crippen LogP contribution in [0.25, 0.3) is 0 Å². The first-order chi connectivity index (χ1) is 12.8. The lowest BCUT2D eigenvalue weighted by molar-refractivity contribution is -0.00283. The van der Waals surface area contributed by atoms with E-state index >= 15 is 0 Å². The van der Waals surface area contributed by atoms with Crippen molar-refractivity contribution in [2.45, 2.75) is 89.9 Å². The van der Waals surface area contributed by atoms with Crippen molar-refractivity contribution in [2.24, 2.45) is 5.92 Å². The minimum Gasteiger partial charge on any atom is -0.377 e. The van der Waals surface area contributed by atoms with Crippen LogP contribution in [-0.2, 0) is 27.7 Å². The summed E-state index contributed by atoms with van der Waals surface area (Å²) in [5, 5.41) is -0.240. The summed E-state index contributed by atoms with van der Waals surface area (Å²) in [6, 6.07) is 0. The number of likely N-dealkylation sites (tertiary alicyclic amines) is 1. The SMILES string of the molecule is CCCO[C@@H]1CCCN(Cc2cnc(S(=O)(=O)C(C)C)n2CCC(C)C)C1. The zero-order valence-corrected chi connectivity index (χ0v) is 18.5. The van der Waals surface area contributed by atoms with Gasteiger partial charge >= 0.3 is 0 Å². The summed E-state index contributed by atoms with van der Waals surface area (Å²) in [5.74, 6) is 0.511. The van der Waals surface area contributed by atoms with Crippen LogP contribution in [0.3, 0.4) is 0 Å². The van der Waals surface area contributed by atoms with Crippen LogP contribution in [0.2, 0.25) is 0 Å². The van der Waals surface area contributed by atoms with Crippen LogP contribution in [-0.4, -0.2) is 53.9 Å². The third-order valence-corrected chi connectivity index (χ3v) is 7.19. The summed E-state index contributed by atoms with van der Waals surface area (Å²) >= 11 is 0. The maximum atomic E-state index is 12.8. The number of sulfone groups is 1. The van der Waals surface area contributed by atoms with Gasteiger partial charge in [0.2, 0.25) is 15.0 Å². The van der Waals surface area contributed by atoms with Gasteiger partial charge in [-0.05, 0) is 52.0 Å². The Balaban J connectivity index is 2.19. The maximum absolute atomic E-state index is 12.8. The molecule has 1 saturated heterocycles. The van der Waals surface area contributed by atoms with E-state index in [1.807, 2.05) is 4.57 Å². The number of aromatic nitrogens is 2. The molecule has 0 amide bonds. The van der Waals surface area contributed by atoms with E-state index in [1.165, 1.54) is 0 Å². The number of nitrogens with zero attached hydrogens (tertiary/aromatic N) is 3. The Bertz CT molecular complexity index is 683. The molecule has 0 N–H and O–H groups in total. The van der Waals surface area contributed by atoms with Crippen LogP contribution in [0.5, 0.6) is 0 Å². The van der Waals surface area contributed by atoms with Crippen molar-refractivity contribution in [1.29, 1.82) is 0 Å². The normalized spacial score (nSPS) is 19.3. The van der Waals surface area contributed by atoms with E-state index in [1.54, 1.807) is 20.0 Å². The minimum absolute atomic E-state index is 0.226. The number of rotatable bonds is 10. The molecular weight excluding hydrogens is 362 g/mol. The Kier molecular flexibility index (Phi) is 8.31. The van der Waals surface area contributed by atoms with E-state index in [0.717, 1.165) is 57.6 Å². The van der Waals surface area contributed by atoms with Gasteiger partial charge in [0, 0.05) is 26.2 Å². The van der Waals surface area contributed by atoms with E-state index < -0.39 is 15.1 Å². The van der Waals surface area contributed by atoms with Crippen molar-refractivity contribution in [1.82, 2.24) is 14.5 Å². The Hall–Kier alpha value is -0.920. The highest BCUT2D eigenvalue weighted by atomic mass is 32.2. The fourth-order valence-corrected chi connectivity index (χ4v) is 4.53. The lowest BCUT2D eigenvalue weighted by Gasteiger charge is -2.32. The average Bonchev–Trinajstić information content (AvgIpc) is 3.01. The van der Waals surface area contributed by atoms with Crippen LogP contribution >= 0.6 is 0 Å². The topological polar surface area (TPSA) is 64.4 Å². The number of piperidine rings is 1. The van der Waals surface area contributed by atoms with Gasteiger partial charge in [0.25, 0.3) is 0 Å². The molecule has 1 fully saturated rings. The first kappa shape index (κ1) is 22.4. The molecule has 0 bridgehead atoms. The molecule has 0 saturated carbocycles. The highest BCUT2D eigenvalue weighted by Crippen LogP contribution is 2.22. The van der Waals surface area contributed by atoms with E-state index in [0.29, 0.717) is 12.5 Å². The monoisotopic (exact) mass is 399 g/mol. The molecule has 1 aliphatic rings. The van der Waals surface area contributed by atoms with Crippen molar-refractivity contribution in [2.75, 3.05) is 19.7 Å². The molecule has 27 heavy (non-hydrogen) atoms. The predicted molar refractivity (Wildman–Crippen MR) is 109 cm³/mol. The molecule has 2 heterocycles. The van der Waals surface area contributed by atoms with E-state index in [4.69, 9.17) is 4.74 Å². The fourth-order valence-electron chi connectivity index (χ4n) is 3.39. The molecule has 0 aliphatic carbocycles. The molecule has 156 valence electrons. The third-order valence-electron chi connectivity index (χ3n) is 5.11. The largest absolute Gasteiger partial charge is 0.377 e. The Morgan fingerprint density at radius 2 is 2.04 bits per heavy atom. The molecule has 1 aromatic rings. The summed E-state index contributed by atoms with van der Waals surface area (Å²) < 4.78 is 33.4. The molecule has 1 atom stereocenters. The summed E-state index contributed by atoms with van der Waals surface area (Å²) in [6.45, 7) is 14.0. The Morgan fingerprint density at radius 1 is 1.30 bits per heavy atom. The van der Waals surface area contributed by atoms with Crippen molar-refractivity contribution >= 4 is 9.84 Å². The first-order valence-electron chi connectivity index (χ1n) is 10.4. The van der Waals surface area contributed by atoms with Crippen LogP contribution in [0.1, 0.15) is 66.0 Å². The van der Waals surface area contributed by atoms with Crippen molar-refractivity contribution in [3.8, 4) is 0 Å². The summed E-state index contributed by atoms with van der Waals surface area (Å²) in [4.78, 5) is 6.71. The Labute approximate surface area is 165 Å². The maximum Gasteiger partial charge on any atom is 0.228 e. The van der Waals surface area contributed by atoms with Crippen molar-refractivity contribution in [3.63, 3.8) is 0 Å².